The summed E-state index contributed by atoms with van der Waals surface area (Å²) < 4.78 is 4.65. The third-order valence-corrected chi connectivity index (χ3v) is 12.4. The van der Waals surface area contributed by atoms with Crippen LogP contribution in [0.5, 0.6) is 0 Å². The monoisotopic (exact) mass is 595 g/mol. The fourth-order valence-corrected chi connectivity index (χ4v) is 10.7. The number of fused-ring (bicyclic) bond motifs is 2. The molecule has 226 valence electrons. The maximum atomic E-state index is 13.3. The summed E-state index contributed by atoms with van der Waals surface area (Å²) in [5, 5.41) is 2.21. The number of aromatic nitrogens is 2. The smallest absolute Gasteiger partial charge is 0.248 e. The van der Waals surface area contributed by atoms with Gasteiger partial charge in [-0.2, -0.15) is 8.68 Å². The molecule has 0 amide bonds. The van der Waals surface area contributed by atoms with Crippen molar-refractivity contribution < 1.29 is 4.89 Å². The Labute approximate surface area is 258 Å². The minimum atomic E-state index is -3.02. The van der Waals surface area contributed by atoms with Crippen molar-refractivity contribution in [3.8, 4) is 0 Å². The molecule has 0 fully saturated rings. The Kier molecular flexibility index (Phi) is 7.80. The molecule has 6 heteroatoms. The summed E-state index contributed by atoms with van der Waals surface area (Å²) >= 11 is 0. The molecule has 4 aliphatic heterocycles. The largest absolute Gasteiger partial charge is 0.337 e. The first-order valence-electron chi connectivity index (χ1n) is 16.6. The number of rotatable bonds is 8. The average Bonchev–Trinajstić information content (AvgIpc) is 3.69. The van der Waals surface area contributed by atoms with Gasteiger partial charge in [-0.15, -0.1) is 0 Å². The molecule has 1 N–H and O–H groups in total. The second-order valence-electron chi connectivity index (χ2n) is 12.0. The van der Waals surface area contributed by atoms with Gasteiger partial charge in [-0.1, -0.05) is 55.4 Å². The number of nitrogens with zero attached hydrogens (tertiary/aromatic N) is 4. The first-order chi connectivity index (χ1) is 20.7. The Balaban J connectivity index is 1.96. The van der Waals surface area contributed by atoms with E-state index in [2.05, 4.69) is 95.0 Å². The molecule has 1 atom stereocenters. The highest BCUT2D eigenvalue weighted by molar-refractivity contribution is 7.66. The second kappa shape index (κ2) is 11.2. The van der Waals surface area contributed by atoms with Gasteiger partial charge >= 0.3 is 7.79 Å². The van der Waals surface area contributed by atoms with Crippen molar-refractivity contribution in [1.82, 2.24) is 8.68 Å². The average molecular weight is 596 g/mol. The highest BCUT2D eigenvalue weighted by Gasteiger charge is 2.44. The van der Waals surface area contributed by atoms with Crippen molar-refractivity contribution >= 4 is 43.5 Å². The lowest BCUT2D eigenvalue weighted by Crippen LogP contribution is -2.34. The van der Waals surface area contributed by atoms with E-state index in [9.17, 15) is 4.89 Å². The van der Waals surface area contributed by atoms with Crippen LogP contribution in [0.4, 0.5) is 0 Å². The second-order valence-corrected chi connectivity index (χ2v) is 14.6. The maximum Gasteiger partial charge on any atom is 0.337 e. The van der Waals surface area contributed by atoms with Gasteiger partial charge in [-0.05, 0) is 120 Å². The molecular formula is C37H48N4OP+. The van der Waals surface area contributed by atoms with Gasteiger partial charge in [0.25, 0.3) is 0 Å². The molecule has 43 heavy (non-hydrogen) atoms. The summed E-state index contributed by atoms with van der Waals surface area (Å²) in [6.07, 6.45) is 16.5. The highest BCUT2D eigenvalue weighted by atomic mass is 31.2. The lowest BCUT2D eigenvalue weighted by Gasteiger charge is -2.23. The number of hydrogen-bond donors (Lipinski definition) is 1. The maximum absolute atomic E-state index is 13.3. The van der Waals surface area contributed by atoms with Crippen LogP contribution < -0.4 is 10.7 Å². The first-order valence-corrected chi connectivity index (χ1v) is 18.7. The molecule has 2 aromatic rings. The molecule has 6 bridgehead atoms. The van der Waals surface area contributed by atoms with Crippen LogP contribution in [-0.2, 0) is 25.7 Å². The summed E-state index contributed by atoms with van der Waals surface area (Å²) in [4.78, 5) is 24.0. The van der Waals surface area contributed by atoms with Crippen molar-refractivity contribution in [3.05, 3.63) is 78.0 Å². The van der Waals surface area contributed by atoms with E-state index in [-0.39, 0.29) is 0 Å². The van der Waals surface area contributed by atoms with Gasteiger partial charge in [0.05, 0.1) is 44.9 Å². The molecule has 6 heterocycles. The molecule has 0 saturated carbocycles. The van der Waals surface area contributed by atoms with Crippen molar-refractivity contribution in [1.29, 1.82) is 0 Å². The summed E-state index contributed by atoms with van der Waals surface area (Å²) in [7, 11) is -3.02. The molecule has 6 rings (SSSR count). The van der Waals surface area contributed by atoms with Gasteiger partial charge in [0.15, 0.2) is 0 Å². The van der Waals surface area contributed by atoms with Crippen LogP contribution in [0.1, 0.15) is 115 Å². The van der Waals surface area contributed by atoms with Crippen molar-refractivity contribution in [3.63, 3.8) is 0 Å². The Morgan fingerprint density at radius 3 is 1.21 bits per heavy atom. The van der Waals surface area contributed by atoms with E-state index < -0.39 is 7.79 Å². The Hall–Kier alpha value is -3.01. The van der Waals surface area contributed by atoms with E-state index in [0.717, 1.165) is 96.3 Å². The standard InChI is InChI=1S/C37H48N4OP/c1-10-22-23(11-2)31-19-35-28(16-7)29(17-8)37-21-33-25(13-4)24(12-3)32(39-33)20-36-27(15-6)26(14-5)34(18-30(22)38-31)40(36)43(9,42)41(35)37/h18-21,42H,10-17H2,1-9H3/q+1. The molecule has 0 aliphatic carbocycles. The normalized spacial score (nSPS) is 20.5. The minimum Gasteiger partial charge on any atom is -0.248 e. The summed E-state index contributed by atoms with van der Waals surface area (Å²) in [6, 6.07) is 0. The van der Waals surface area contributed by atoms with Crippen LogP contribution in [0.25, 0.3) is 24.3 Å². The summed E-state index contributed by atoms with van der Waals surface area (Å²) in [5.74, 6) is 0. The third kappa shape index (κ3) is 4.18. The number of aliphatic imine (C=N–C) groups is 2. The first kappa shape index (κ1) is 30.0. The molecule has 4 aliphatic rings. The van der Waals surface area contributed by atoms with Crippen LogP contribution in [0.3, 0.4) is 0 Å². The van der Waals surface area contributed by atoms with Crippen molar-refractivity contribution in [2.75, 3.05) is 6.66 Å². The summed E-state index contributed by atoms with van der Waals surface area (Å²) in [6.45, 7) is 20.1. The highest BCUT2D eigenvalue weighted by Crippen LogP contribution is 2.57. The van der Waals surface area contributed by atoms with E-state index in [1.165, 1.54) is 44.5 Å². The molecule has 0 aromatic carbocycles. The molecule has 0 saturated heterocycles. The zero-order valence-corrected chi connectivity index (χ0v) is 28.5. The zero-order chi connectivity index (χ0) is 30.8. The van der Waals surface area contributed by atoms with Gasteiger partial charge in [-0.3, -0.25) is 0 Å². The summed E-state index contributed by atoms with van der Waals surface area (Å²) in [5.41, 5.74) is 17.0. The van der Waals surface area contributed by atoms with Crippen molar-refractivity contribution in [2.24, 2.45) is 9.98 Å². The van der Waals surface area contributed by atoms with Crippen LogP contribution in [0.2, 0.25) is 0 Å². The lowest BCUT2D eigenvalue weighted by atomic mass is 9.97. The predicted octanol–water partition coefficient (Wildman–Crippen LogP) is 7.73. The van der Waals surface area contributed by atoms with E-state index >= 15 is 0 Å². The molecule has 2 aromatic heterocycles. The fourth-order valence-electron chi connectivity index (χ4n) is 8.19. The lowest BCUT2D eigenvalue weighted by molar-refractivity contribution is 0.574. The van der Waals surface area contributed by atoms with Gasteiger partial charge in [-0.25, -0.2) is 14.9 Å². The predicted molar refractivity (Wildman–Crippen MR) is 186 cm³/mol. The van der Waals surface area contributed by atoms with E-state index in [1.54, 1.807) is 0 Å². The van der Waals surface area contributed by atoms with Gasteiger partial charge in [0, 0.05) is 0 Å². The van der Waals surface area contributed by atoms with Gasteiger partial charge in [0.2, 0.25) is 0 Å². The Morgan fingerprint density at radius 1 is 0.512 bits per heavy atom. The fraction of sp³-hybridized carbons (Fsp3) is 0.459. The molecule has 0 radical (unpaired) electrons. The SMILES string of the molecule is CCC1=C(CC)C2=NC1=Cc1c(CC)c(CC)c3n1[P+](C)(O)n1c(c(CC)c(CC)c1=CC1=NC(=C3)C(CC)=C1CC)=C2. The third-order valence-electron chi connectivity index (χ3n) is 10.0. The topological polar surface area (TPSA) is 54.8 Å². The van der Waals surface area contributed by atoms with E-state index in [0.29, 0.717) is 0 Å². The molecule has 1 unspecified atom stereocenters. The number of hydrogen-bond acceptors (Lipinski definition) is 3. The molecule has 0 spiro atoms. The minimum absolute atomic E-state index is 0.892. The molecule has 5 nitrogen and oxygen atoms in total. The Bertz CT molecular complexity index is 1740. The Morgan fingerprint density at radius 2 is 0.884 bits per heavy atom. The van der Waals surface area contributed by atoms with E-state index in [1.807, 2.05) is 0 Å². The van der Waals surface area contributed by atoms with Gasteiger partial charge < -0.3 is 0 Å². The van der Waals surface area contributed by atoms with Crippen LogP contribution in [-0.4, -0.2) is 31.7 Å². The van der Waals surface area contributed by atoms with E-state index in [4.69, 9.17) is 9.98 Å². The van der Waals surface area contributed by atoms with Crippen molar-refractivity contribution in [2.45, 2.75) is 107 Å². The quantitative estimate of drug-likeness (QED) is 0.312. The zero-order valence-electron chi connectivity index (χ0n) is 27.6. The number of allylic oxidation sites excluding steroid dienone is 4. The van der Waals surface area contributed by atoms with Crippen LogP contribution in [0.15, 0.2) is 43.7 Å². The van der Waals surface area contributed by atoms with Gasteiger partial charge in [0.1, 0.15) is 6.66 Å². The molecular weight excluding hydrogens is 547 g/mol. The van der Waals surface area contributed by atoms with Crippen LogP contribution in [0, 0.1) is 0 Å². The van der Waals surface area contributed by atoms with Crippen LogP contribution >= 0.6 is 7.79 Å².